The van der Waals surface area contributed by atoms with E-state index in [0.29, 0.717) is 35.7 Å². The molecule has 8 nitrogen and oxygen atoms in total. The molecule has 1 aliphatic rings. The lowest BCUT2D eigenvalue weighted by Crippen LogP contribution is -2.50. The van der Waals surface area contributed by atoms with Gasteiger partial charge >= 0.3 is 0 Å². The van der Waals surface area contributed by atoms with Crippen molar-refractivity contribution >= 4 is 47.4 Å². The number of nitrogens with one attached hydrogen (secondary N) is 2. The number of amides is 1. The van der Waals surface area contributed by atoms with Crippen LogP contribution in [0.25, 0.3) is 11.4 Å². The van der Waals surface area contributed by atoms with Gasteiger partial charge in [-0.3, -0.25) is 9.79 Å². The van der Waals surface area contributed by atoms with E-state index in [2.05, 4.69) is 25.8 Å². The van der Waals surface area contributed by atoms with E-state index in [4.69, 9.17) is 16.1 Å². The Morgan fingerprint density at radius 1 is 1.29 bits per heavy atom. The van der Waals surface area contributed by atoms with Crippen LogP contribution < -0.4 is 10.6 Å². The minimum Gasteiger partial charge on any atom is -0.356 e. The molecule has 0 unspecified atom stereocenters. The topological polar surface area (TPSA) is 95.7 Å². The zero-order valence-electron chi connectivity index (χ0n) is 18.1. The van der Waals surface area contributed by atoms with Crippen LogP contribution in [0, 0.1) is 5.92 Å². The number of hydrogen-bond donors (Lipinski definition) is 2. The van der Waals surface area contributed by atoms with Crippen molar-refractivity contribution in [2.24, 2.45) is 10.9 Å². The first kappa shape index (κ1) is 25.4. The molecule has 1 aromatic heterocycles. The lowest BCUT2D eigenvalue weighted by Gasteiger charge is -2.34. The minimum absolute atomic E-state index is 0. The lowest BCUT2D eigenvalue weighted by molar-refractivity contribution is -0.135. The number of aromatic nitrogens is 2. The fourth-order valence-electron chi connectivity index (χ4n) is 3.36. The summed E-state index contributed by atoms with van der Waals surface area (Å²) in [5.74, 6) is 2.12. The molecule has 2 N–H and O–H groups in total. The maximum atomic E-state index is 12.1. The first-order chi connectivity index (χ1) is 14.5. The van der Waals surface area contributed by atoms with E-state index in [1.54, 1.807) is 19.2 Å². The number of aliphatic imine (C=N–C) groups is 1. The minimum atomic E-state index is 0. The van der Waals surface area contributed by atoms with Crippen LogP contribution in [0.5, 0.6) is 0 Å². The van der Waals surface area contributed by atoms with Crippen molar-refractivity contribution in [2.45, 2.75) is 39.2 Å². The summed E-state index contributed by atoms with van der Waals surface area (Å²) >= 11 is 5.91. The molecule has 2 aromatic rings. The second kappa shape index (κ2) is 12.2. The van der Waals surface area contributed by atoms with Gasteiger partial charge in [-0.05, 0) is 37.1 Å². The molecular weight excluding hydrogens is 531 g/mol. The van der Waals surface area contributed by atoms with E-state index >= 15 is 0 Å². The second-order valence-electron chi connectivity index (χ2n) is 7.67. The highest BCUT2D eigenvalue weighted by molar-refractivity contribution is 14.0. The standard InChI is InChI=1S/C21H29ClN6O2.HI/c1-14(2)20(29)28-12-9-17(10-13-28)25-21(23-3)24-11-8-18-26-19(27-30-18)15-4-6-16(22)7-5-15;/h4-7,14,17H,8-13H2,1-3H3,(H2,23,24,25);1H. The number of guanidine groups is 1. The summed E-state index contributed by atoms with van der Waals surface area (Å²) < 4.78 is 5.34. The van der Waals surface area contributed by atoms with Gasteiger partial charge in [0.05, 0.1) is 0 Å². The number of nitrogens with zero attached hydrogens (tertiary/aromatic N) is 4. The number of likely N-dealkylation sites (tertiary alicyclic amines) is 1. The van der Waals surface area contributed by atoms with Crippen LogP contribution in [0.4, 0.5) is 0 Å². The Balaban J connectivity index is 0.00000341. The Hall–Kier alpha value is -1.88. The summed E-state index contributed by atoms with van der Waals surface area (Å²) in [6.45, 7) is 6.06. The van der Waals surface area contributed by atoms with Crippen LogP contribution in [0.1, 0.15) is 32.6 Å². The molecule has 1 amide bonds. The van der Waals surface area contributed by atoms with Gasteiger partial charge in [-0.15, -0.1) is 24.0 Å². The van der Waals surface area contributed by atoms with Gasteiger partial charge in [0, 0.05) is 55.6 Å². The number of rotatable bonds is 6. The molecule has 0 saturated carbocycles. The zero-order chi connectivity index (χ0) is 21.5. The zero-order valence-corrected chi connectivity index (χ0v) is 21.2. The van der Waals surface area contributed by atoms with Gasteiger partial charge in [-0.25, -0.2) is 0 Å². The van der Waals surface area contributed by atoms with Crippen LogP contribution in [0.3, 0.4) is 0 Å². The summed E-state index contributed by atoms with van der Waals surface area (Å²) in [7, 11) is 1.75. The van der Waals surface area contributed by atoms with Gasteiger partial charge < -0.3 is 20.1 Å². The maximum absolute atomic E-state index is 12.1. The number of carbonyl (C=O) groups excluding carboxylic acids is 1. The van der Waals surface area contributed by atoms with Gasteiger partial charge in [-0.1, -0.05) is 30.6 Å². The molecule has 0 radical (unpaired) electrons. The molecule has 1 saturated heterocycles. The molecule has 1 fully saturated rings. The van der Waals surface area contributed by atoms with Crippen molar-refractivity contribution in [3.63, 3.8) is 0 Å². The first-order valence-electron chi connectivity index (χ1n) is 10.3. The fourth-order valence-corrected chi connectivity index (χ4v) is 3.48. The van der Waals surface area contributed by atoms with Crippen molar-refractivity contribution in [1.29, 1.82) is 0 Å². The molecule has 0 atom stereocenters. The molecule has 2 heterocycles. The van der Waals surface area contributed by atoms with Crippen molar-refractivity contribution in [2.75, 3.05) is 26.7 Å². The van der Waals surface area contributed by atoms with Crippen LogP contribution in [-0.4, -0.2) is 59.6 Å². The summed E-state index contributed by atoms with van der Waals surface area (Å²) in [6.07, 6.45) is 2.41. The quantitative estimate of drug-likeness (QED) is 0.320. The Kier molecular flexibility index (Phi) is 10.0. The van der Waals surface area contributed by atoms with Gasteiger partial charge in [0.15, 0.2) is 5.96 Å². The van der Waals surface area contributed by atoms with Gasteiger partial charge in [0.1, 0.15) is 0 Å². The number of piperidine rings is 1. The average molecular weight is 561 g/mol. The predicted molar refractivity (Wildman–Crippen MR) is 133 cm³/mol. The van der Waals surface area contributed by atoms with E-state index < -0.39 is 0 Å². The molecule has 3 rings (SSSR count). The monoisotopic (exact) mass is 560 g/mol. The molecule has 0 aliphatic carbocycles. The van der Waals surface area contributed by atoms with E-state index in [1.807, 2.05) is 30.9 Å². The predicted octanol–water partition coefficient (Wildman–Crippen LogP) is 3.36. The highest BCUT2D eigenvalue weighted by Crippen LogP contribution is 2.18. The average Bonchev–Trinajstić information content (AvgIpc) is 3.22. The molecule has 31 heavy (non-hydrogen) atoms. The van der Waals surface area contributed by atoms with Crippen LogP contribution in [0.15, 0.2) is 33.8 Å². The smallest absolute Gasteiger partial charge is 0.228 e. The Morgan fingerprint density at radius 2 is 1.97 bits per heavy atom. The summed E-state index contributed by atoms with van der Waals surface area (Å²) in [4.78, 5) is 22.8. The van der Waals surface area contributed by atoms with E-state index in [1.165, 1.54) is 0 Å². The van der Waals surface area contributed by atoms with Crippen LogP contribution in [0.2, 0.25) is 5.02 Å². The van der Waals surface area contributed by atoms with Crippen molar-refractivity contribution in [3.8, 4) is 11.4 Å². The van der Waals surface area contributed by atoms with Crippen molar-refractivity contribution in [3.05, 3.63) is 35.2 Å². The van der Waals surface area contributed by atoms with E-state index in [-0.39, 0.29) is 35.8 Å². The fraction of sp³-hybridized carbons (Fsp3) is 0.524. The Labute approximate surface area is 205 Å². The number of hydrogen-bond acceptors (Lipinski definition) is 5. The third-order valence-corrected chi connectivity index (χ3v) is 5.32. The van der Waals surface area contributed by atoms with E-state index in [9.17, 15) is 4.79 Å². The molecule has 0 bridgehead atoms. The Bertz CT molecular complexity index is 863. The maximum Gasteiger partial charge on any atom is 0.228 e. The van der Waals surface area contributed by atoms with Gasteiger partial charge in [0.2, 0.25) is 17.6 Å². The third-order valence-electron chi connectivity index (χ3n) is 5.07. The van der Waals surface area contributed by atoms with Gasteiger partial charge in [-0.2, -0.15) is 4.98 Å². The highest BCUT2D eigenvalue weighted by atomic mass is 127. The number of halogens is 2. The summed E-state index contributed by atoms with van der Waals surface area (Å²) in [5, 5.41) is 11.4. The first-order valence-corrected chi connectivity index (χ1v) is 10.7. The lowest BCUT2D eigenvalue weighted by atomic mass is 10.0. The SMILES string of the molecule is CN=C(NCCc1nc(-c2ccc(Cl)cc2)no1)NC1CCN(C(=O)C(C)C)CC1.I. The summed E-state index contributed by atoms with van der Waals surface area (Å²) in [5.41, 5.74) is 0.863. The number of carbonyl (C=O) groups is 1. The summed E-state index contributed by atoms with van der Waals surface area (Å²) in [6, 6.07) is 7.62. The molecule has 1 aromatic carbocycles. The van der Waals surface area contributed by atoms with Gasteiger partial charge in [0.25, 0.3) is 0 Å². The number of benzene rings is 1. The van der Waals surface area contributed by atoms with Crippen LogP contribution >= 0.6 is 35.6 Å². The van der Waals surface area contributed by atoms with Crippen LogP contribution in [-0.2, 0) is 11.2 Å². The Morgan fingerprint density at radius 3 is 2.58 bits per heavy atom. The van der Waals surface area contributed by atoms with E-state index in [0.717, 1.165) is 37.5 Å². The van der Waals surface area contributed by atoms with Crippen molar-refractivity contribution in [1.82, 2.24) is 25.7 Å². The molecule has 10 heteroatoms. The third kappa shape index (κ3) is 7.34. The largest absolute Gasteiger partial charge is 0.356 e. The molecular formula is C21H30ClIN6O2. The molecule has 0 spiro atoms. The highest BCUT2D eigenvalue weighted by Gasteiger charge is 2.24. The molecule has 170 valence electrons. The molecule has 1 aliphatic heterocycles. The van der Waals surface area contributed by atoms with Crippen molar-refractivity contribution < 1.29 is 9.32 Å². The second-order valence-corrected chi connectivity index (χ2v) is 8.10. The normalized spacial score (nSPS) is 15.0.